The molecular weight excluding hydrogens is 592 g/mol. The van der Waals surface area contributed by atoms with Crippen molar-refractivity contribution in [1.29, 1.82) is 0 Å². The number of ketones is 1. The molecule has 3 N–H and O–H groups in total. The van der Waals surface area contributed by atoms with Crippen molar-refractivity contribution in [2.45, 2.75) is 84.9 Å². The number of carboxylic acid groups (broad SMARTS) is 1. The molecule has 1 heterocycles. The first kappa shape index (κ1) is 38.0. The number of rotatable bonds is 20. The van der Waals surface area contributed by atoms with Crippen LogP contribution in [0.15, 0.2) is 35.7 Å². The molecule has 0 bridgehead atoms. The molecule has 2 aromatic rings. The average Bonchev–Trinajstić information content (AvgIpc) is 3.50. The molecule has 0 saturated heterocycles. The van der Waals surface area contributed by atoms with Gasteiger partial charge in [0.25, 0.3) is 5.91 Å². The number of Topliss-reactive ketones (excluding diaryl/α,β-unsaturated/α-hetero) is 1. The molecule has 2 unspecified atom stereocenters. The third-order valence-electron chi connectivity index (χ3n) is 8.57. The third-order valence-corrected chi connectivity index (χ3v) is 9.51. The number of likely N-dealkylation sites (N-methyl/N-ethyl adjacent to an activating group) is 1. The topological polar surface area (TPSA) is 138 Å². The summed E-state index contributed by atoms with van der Waals surface area (Å²) in [5.74, 6) is -2.22. The SMILES string of the molecule is CCC(C)[C@H](CC(=O)CNC)C(=O)N(C)[C@H](CC(OC)c1nc(C(=O)N[C@@H](Cc2ccccc2)C[C@H](C)C(=O)O)cs1)C(C)C. The number of ether oxygens (including phenoxy) is 1. The molecule has 10 nitrogen and oxygen atoms in total. The number of aromatic nitrogens is 1. The molecule has 250 valence electrons. The van der Waals surface area contributed by atoms with Crippen LogP contribution in [0.1, 0.15) is 87.5 Å². The Bertz CT molecular complexity index is 1240. The molecule has 0 spiro atoms. The van der Waals surface area contributed by atoms with Crippen LogP contribution in [0.2, 0.25) is 0 Å². The van der Waals surface area contributed by atoms with Gasteiger partial charge in [-0.2, -0.15) is 0 Å². The Morgan fingerprint density at radius 2 is 1.73 bits per heavy atom. The minimum absolute atomic E-state index is 0.0115. The predicted molar refractivity (Wildman–Crippen MR) is 177 cm³/mol. The van der Waals surface area contributed by atoms with E-state index in [1.807, 2.05) is 44.2 Å². The number of carbonyl (C=O) groups excluding carboxylic acids is 3. The van der Waals surface area contributed by atoms with Crippen LogP contribution < -0.4 is 10.6 Å². The molecule has 0 radical (unpaired) electrons. The maximum Gasteiger partial charge on any atom is 0.306 e. The van der Waals surface area contributed by atoms with E-state index in [9.17, 15) is 24.3 Å². The largest absolute Gasteiger partial charge is 0.481 e. The molecule has 0 aliphatic rings. The number of hydrogen-bond donors (Lipinski definition) is 3. The van der Waals surface area contributed by atoms with Crippen molar-refractivity contribution in [3.63, 3.8) is 0 Å². The summed E-state index contributed by atoms with van der Waals surface area (Å²) < 4.78 is 5.86. The summed E-state index contributed by atoms with van der Waals surface area (Å²) in [6, 6.07) is 9.06. The second kappa shape index (κ2) is 18.7. The van der Waals surface area contributed by atoms with Crippen molar-refractivity contribution >= 4 is 34.9 Å². The van der Waals surface area contributed by atoms with Gasteiger partial charge in [0.05, 0.1) is 12.5 Å². The smallest absolute Gasteiger partial charge is 0.306 e. The minimum Gasteiger partial charge on any atom is -0.481 e. The Hall–Kier alpha value is -3.15. The van der Waals surface area contributed by atoms with Gasteiger partial charge in [-0.1, -0.05) is 71.4 Å². The summed E-state index contributed by atoms with van der Waals surface area (Å²) >= 11 is 1.32. The Balaban J connectivity index is 2.21. The van der Waals surface area contributed by atoms with E-state index in [1.54, 1.807) is 38.4 Å². The molecule has 0 saturated carbocycles. The number of aliphatic carboxylic acids is 1. The molecule has 0 aliphatic carbocycles. The van der Waals surface area contributed by atoms with Crippen molar-refractivity contribution in [2.75, 3.05) is 27.7 Å². The predicted octanol–water partition coefficient (Wildman–Crippen LogP) is 5.00. The normalized spacial score (nSPS) is 15.5. The summed E-state index contributed by atoms with van der Waals surface area (Å²) in [7, 11) is 5.11. The number of methoxy groups -OCH3 is 1. The highest BCUT2D eigenvalue weighted by Gasteiger charge is 2.35. The van der Waals surface area contributed by atoms with Gasteiger partial charge in [-0.3, -0.25) is 19.2 Å². The molecule has 2 rings (SSSR count). The average molecular weight is 645 g/mol. The van der Waals surface area contributed by atoms with E-state index in [0.717, 1.165) is 12.0 Å². The van der Waals surface area contributed by atoms with Crippen molar-refractivity contribution in [1.82, 2.24) is 20.5 Å². The lowest BCUT2D eigenvalue weighted by atomic mass is 9.85. The van der Waals surface area contributed by atoms with Gasteiger partial charge in [0.15, 0.2) is 0 Å². The first-order chi connectivity index (χ1) is 21.3. The second-order valence-electron chi connectivity index (χ2n) is 12.4. The Morgan fingerprint density at radius 3 is 2.29 bits per heavy atom. The fraction of sp³-hybridized carbons (Fsp3) is 0.618. The molecule has 11 heteroatoms. The summed E-state index contributed by atoms with van der Waals surface area (Å²) in [6.07, 6.45) is 1.77. The fourth-order valence-corrected chi connectivity index (χ4v) is 6.46. The summed E-state index contributed by atoms with van der Waals surface area (Å²) in [6.45, 7) is 10.0. The van der Waals surface area contributed by atoms with Crippen LogP contribution in [0, 0.1) is 23.7 Å². The minimum atomic E-state index is -0.913. The number of amides is 2. The van der Waals surface area contributed by atoms with E-state index in [0.29, 0.717) is 17.8 Å². The molecule has 2 amide bonds. The van der Waals surface area contributed by atoms with Crippen LogP contribution in [0.25, 0.3) is 0 Å². The highest BCUT2D eigenvalue weighted by atomic mass is 32.1. The number of nitrogens with zero attached hydrogens (tertiary/aromatic N) is 2. The van der Waals surface area contributed by atoms with Gasteiger partial charge in [-0.05, 0) is 37.3 Å². The number of carbonyl (C=O) groups is 4. The van der Waals surface area contributed by atoms with Gasteiger partial charge in [0, 0.05) is 50.4 Å². The van der Waals surface area contributed by atoms with E-state index in [-0.39, 0.29) is 60.6 Å². The summed E-state index contributed by atoms with van der Waals surface area (Å²) in [5, 5.41) is 17.7. The van der Waals surface area contributed by atoms with Crippen LogP contribution >= 0.6 is 11.3 Å². The quantitative estimate of drug-likeness (QED) is 0.183. The van der Waals surface area contributed by atoms with E-state index in [4.69, 9.17) is 4.74 Å². The lowest BCUT2D eigenvalue weighted by Gasteiger charge is -2.36. The number of benzene rings is 1. The van der Waals surface area contributed by atoms with Gasteiger partial charge in [0.1, 0.15) is 22.6 Å². The number of hydrogen-bond acceptors (Lipinski definition) is 8. The van der Waals surface area contributed by atoms with Crippen LogP contribution in [0.5, 0.6) is 0 Å². The van der Waals surface area contributed by atoms with E-state index < -0.39 is 30.0 Å². The maximum atomic E-state index is 13.8. The number of carboxylic acids is 1. The summed E-state index contributed by atoms with van der Waals surface area (Å²) in [5.41, 5.74) is 1.24. The fourth-order valence-electron chi connectivity index (χ4n) is 5.57. The highest BCUT2D eigenvalue weighted by Crippen LogP contribution is 2.31. The van der Waals surface area contributed by atoms with Gasteiger partial charge < -0.3 is 25.4 Å². The highest BCUT2D eigenvalue weighted by molar-refractivity contribution is 7.09. The monoisotopic (exact) mass is 644 g/mol. The molecule has 0 fully saturated rings. The van der Waals surface area contributed by atoms with Gasteiger partial charge in [-0.25, -0.2) is 4.98 Å². The van der Waals surface area contributed by atoms with Gasteiger partial charge in [-0.15, -0.1) is 11.3 Å². The lowest BCUT2D eigenvalue weighted by Crippen LogP contribution is -2.46. The summed E-state index contributed by atoms with van der Waals surface area (Å²) in [4.78, 5) is 57.5. The van der Waals surface area contributed by atoms with Crippen LogP contribution in [0.3, 0.4) is 0 Å². The molecule has 0 aliphatic heterocycles. The molecule has 45 heavy (non-hydrogen) atoms. The Morgan fingerprint density at radius 1 is 1.07 bits per heavy atom. The van der Waals surface area contributed by atoms with Crippen LogP contribution in [-0.4, -0.2) is 78.4 Å². The molecule has 1 aromatic carbocycles. The standard InChI is InChI=1S/C34H52N4O6S/c1-9-22(4)27(17-26(39)19-35-6)33(41)38(7)29(21(2)3)18-30(44-8)32-37-28(20-45-32)31(40)36-25(15-23(5)34(42)43)16-24-13-11-10-12-14-24/h10-14,20-23,25,27,29-30,35H,9,15-19H2,1-8H3,(H,36,40)(H,42,43)/t22?,23-,25+,27-,29+,30?/m0/s1. The van der Waals surface area contributed by atoms with Crippen LogP contribution in [0.4, 0.5) is 0 Å². The van der Waals surface area contributed by atoms with E-state index in [1.165, 1.54) is 11.3 Å². The maximum absolute atomic E-state index is 13.8. The van der Waals surface area contributed by atoms with Crippen molar-refractivity contribution in [3.8, 4) is 0 Å². The lowest BCUT2D eigenvalue weighted by molar-refractivity contribution is -0.142. The first-order valence-electron chi connectivity index (χ1n) is 15.8. The Kier molecular flexibility index (Phi) is 15.8. The number of nitrogens with one attached hydrogen (secondary N) is 2. The van der Waals surface area contributed by atoms with Crippen molar-refractivity contribution in [2.24, 2.45) is 23.7 Å². The second-order valence-corrected chi connectivity index (χ2v) is 13.3. The molecule has 1 aromatic heterocycles. The van der Waals surface area contributed by atoms with Crippen molar-refractivity contribution in [3.05, 3.63) is 52.0 Å². The molecule has 6 atom stereocenters. The Labute approximate surface area is 272 Å². The first-order valence-corrected chi connectivity index (χ1v) is 16.7. The van der Waals surface area contributed by atoms with Gasteiger partial charge >= 0.3 is 5.97 Å². The zero-order chi connectivity index (χ0) is 33.7. The van der Waals surface area contributed by atoms with Gasteiger partial charge in [0.2, 0.25) is 5.91 Å². The zero-order valence-corrected chi connectivity index (χ0v) is 28.9. The van der Waals surface area contributed by atoms with E-state index >= 15 is 0 Å². The van der Waals surface area contributed by atoms with Crippen molar-refractivity contribution < 1.29 is 29.0 Å². The molecular formula is C34H52N4O6S. The van der Waals surface area contributed by atoms with Crippen LogP contribution in [-0.2, 0) is 25.5 Å². The van der Waals surface area contributed by atoms with E-state index in [2.05, 4.69) is 29.5 Å². The zero-order valence-electron chi connectivity index (χ0n) is 28.0. The third kappa shape index (κ3) is 11.6. The number of thiazole rings is 1.